The summed E-state index contributed by atoms with van der Waals surface area (Å²) in [5.41, 5.74) is 1.90. The number of carbonyl (C=O) groups is 2. The standard InChI is InChI=1S/C10H9Cl2NO5.2C4H11N/c1-17-9-6(12)3-2-5(11)8(9)10(16)13-18-4-7(14)15;2*1-3-5-4-2/h2-3H,4H2,1H3,(H,13,16)(H,14,15);2*5H,3-4H2,1-2H3. The van der Waals surface area contributed by atoms with E-state index >= 15 is 0 Å². The lowest BCUT2D eigenvalue weighted by molar-refractivity contribution is -0.144. The number of carbonyl (C=O) groups excluding carboxylic acids is 1. The van der Waals surface area contributed by atoms with Crippen molar-refractivity contribution in [2.45, 2.75) is 27.7 Å². The Morgan fingerprint density at radius 1 is 0.964 bits per heavy atom. The maximum absolute atomic E-state index is 11.7. The van der Waals surface area contributed by atoms with Crippen molar-refractivity contribution in [1.29, 1.82) is 0 Å². The molecule has 0 aliphatic carbocycles. The van der Waals surface area contributed by atoms with E-state index in [1.807, 2.05) is 5.48 Å². The van der Waals surface area contributed by atoms with Crippen molar-refractivity contribution in [1.82, 2.24) is 16.1 Å². The van der Waals surface area contributed by atoms with Crippen LogP contribution in [0.15, 0.2) is 12.1 Å². The molecule has 0 unspecified atom stereocenters. The van der Waals surface area contributed by atoms with Crippen molar-refractivity contribution < 1.29 is 24.3 Å². The van der Waals surface area contributed by atoms with Gasteiger partial charge in [0.05, 0.1) is 17.2 Å². The SMILES string of the molecule is CCNCC.CCNCC.COc1c(Cl)ccc(Cl)c1C(=O)NOCC(=O)O. The average Bonchev–Trinajstić information content (AvgIpc) is 2.65. The van der Waals surface area contributed by atoms with Crippen LogP contribution < -0.4 is 20.9 Å². The molecule has 1 aromatic rings. The maximum atomic E-state index is 11.7. The highest BCUT2D eigenvalue weighted by Gasteiger charge is 2.19. The van der Waals surface area contributed by atoms with E-state index in [2.05, 4.69) is 43.2 Å². The first-order valence-electron chi connectivity index (χ1n) is 8.87. The Labute approximate surface area is 176 Å². The van der Waals surface area contributed by atoms with Gasteiger partial charge in [0, 0.05) is 0 Å². The van der Waals surface area contributed by atoms with Crippen molar-refractivity contribution in [3.05, 3.63) is 27.7 Å². The van der Waals surface area contributed by atoms with Crippen LogP contribution >= 0.6 is 23.2 Å². The number of hydrogen-bond acceptors (Lipinski definition) is 6. The van der Waals surface area contributed by atoms with Crippen LogP contribution in [0.3, 0.4) is 0 Å². The first kappa shape index (κ1) is 28.6. The van der Waals surface area contributed by atoms with Gasteiger partial charge in [0.1, 0.15) is 5.56 Å². The number of amides is 1. The van der Waals surface area contributed by atoms with Gasteiger partial charge in [-0.25, -0.2) is 10.3 Å². The van der Waals surface area contributed by atoms with Crippen molar-refractivity contribution in [3.8, 4) is 5.75 Å². The number of halogens is 2. The van der Waals surface area contributed by atoms with Crippen LogP contribution in [0.2, 0.25) is 10.0 Å². The Hall–Kier alpha value is -1.58. The second kappa shape index (κ2) is 18.8. The molecule has 0 heterocycles. The first-order chi connectivity index (χ1) is 13.3. The molecule has 1 rings (SSSR count). The van der Waals surface area contributed by atoms with Crippen molar-refractivity contribution in [2.75, 3.05) is 39.9 Å². The van der Waals surface area contributed by atoms with Gasteiger partial charge >= 0.3 is 5.97 Å². The highest BCUT2D eigenvalue weighted by atomic mass is 35.5. The predicted octanol–water partition coefficient (Wildman–Crippen LogP) is 2.98. The van der Waals surface area contributed by atoms with Gasteiger partial charge in [0.2, 0.25) is 0 Å². The third kappa shape index (κ3) is 13.6. The summed E-state index contributed by atoms with van der Waals surface area (Å²) in [6.45, 7) is 12.1. The van der Waals surface area contributed by atoms with E-state index in [-0.39, 0.29) is 21.4 Å². The normalized spacial score (nSPS) is 9.39. The van der Waals surface area contributed by atoms with E-state index < -0.39 is 18.5 Å². The molecule has 1 aromatic carbocycles. The molecule has 162 valence electrons. The van der Waals surface area contributed by atoms with Crippen LogP contribution in [0.1, 0.15) is 38.1 Å². The molecule has 28 heavy (non-hydrogen) atoms. The lowest BCUT2D eigenvalue weighted by Crippen LogP contribution is -2.27. The number of hydroxylamine groups is 1. The lowest BCUT2D eigenvalue weighted by atomic mass is 10.2. The van der Waals surface area contributed by atoms with Crippen LogP contribution in [0.25, 0.3) is 0 Å². The molecule has 0 saturated carbocycles. The van der Waals surface area contributed by atoms with Gasteiger partial charge in [-0.1, -0.05) is 50.9 Å². The fraction of sp³-hybridized carbons (Fsp3) is 0.556. The quantitative estimate of drug-likeness (QED) is 0.437. The zero-order chi connectivity index (χ0) is 21.9. The van der Waals surface area contributed by atoms with Crippen LogP contribution in [0.5, 0.6) is 5.75 Å². The van der Waals surface area contributed by atoms with E-state index in [0.29, 0.717) is 0 Å². The Balaban J connectivity index is 0. The second-order valence-electron chi connectivity index (χ2n) is 4.97. The number of aliphatic carboxylic acids is 1. The van der Waals surface area contributed by atoms with E-state index in [1.54, 1.807) is 0 Å². The van der Waals surface area contributed by atoms with Gasteiger partial charge in [0.15, 0.2) is 12.4 Å². The molecule has 10 heteroatoms. The molecule has 0 aliphatic rings. The second-order valence-corrected chi connectivity index (χ2v) is 5.78. The third-order valence-electron chi connectivity index (χ3n) is 2.85. The highest BCUT2D eigenvalue weighted by Crippen LogP contribution is 2.33. The minimum absolute atomic E-state index is 0.0305. The Morgan fingerprint density at radius 3 is 1.79 bits per heavy atom. The molecule has 0 aliphatic heterocycles. The summed E-state index contributed by atoms with van der Waals surface area (Å²) in [4.78, 5) is 26.4. The van der Waals surface area contributed by atoms with Crippen molar-refractivity contribution in [2.24, 2.45) is 0 Å². The molecule has 0 fully saturated rings. The van der Waals surface area contributed by atoms with Gasteiger partial charge in [-0.2, -0.15) is 0 Å². The minimum Gasteiger partial charge on any atom is -0.494 e. The smallest absolute Gasteiger partial charge is 0.332 e. The predicted molar refractivity (Wildman–Crippen MR) is 113 cm³/mol. The Morgan fingerprint density at radius 2 is 1.43 bits per heavy atom. The topological polar surface area (TPSA) is 109 Å². The monoisotopic (exact) mass is 439 g/mol. The van der Waals surface area contributed by atoms with Gasteiger partial charge in [-0.3, -0.25) is 9.63 Å². The number of rotatable bonds is 9. The molecular formula is C18H31Cl2N3O5. The van der Waals surface area contributed by atoms with Crippen molar-refractivity contribution >= 4 is 35.1 Å². The summed E-state index contributed by atoms with van der Waals surface area (Å²) >= 11 is 11.7. The number of benzene rings is 1. The summed E-state index contributed by atoms with van der Waals surface area (Å²) in [6.07, 6.45) is 0. The van der Waals surface area contributed by atoms with Crippen LogP contribution in [-0.4, -0.2) is 56.9 Å². The van der Waals surface area contributed by atoms with Gasteiger partial charge in [0.25, 0.3) is 5.91 Å². The minimum atomic E-state index is -1.22. The van der Waals surface area contributed by atoms with E-state index in [1.165, 1.54) is 19.2 Å². The summed E-state index contributed by atoms with van der Waals surface area (Å²) in [5.74, 6) is -1.89. The summed E-state index contributed by atoms with van der Waals surface area (Å²) in [7, 11) is 1.33. The fourth-order valence-corrected chi connectivity index (χ4v) is 2.13. The van der Waals surface area contributed by atoms with Crippen LogP contribution in [0.4, 0.5) is 0 Å². The molecule has 0 radical (unpaired) electrons. The number of carboxylic acid groups (broad SMARTS) is 1. The van der Waals surface area contributed by atoms with Gasteiger partial charge in [-0.15, -0.1) is 0 Å². The van der Waals surface area contributed by atoms with E-state index in [4.69, 9.17) is 33.0 Å². The van der Waals surface area contributed by atoms with Gasteiger partial charge in [-0.05, 0) is 38.3 Å². The third-order valence-corrected chi connectivity index (χ3v) is 3.46. The zero-order valence-electron chi connectivity index (χ0n) is 17.0. The molecule has 0 saturated heterocycles. The molecule has 0 bridgehead atoms. The maximum Gasteiger partial charge on any atom is 0.332 e. The largest absolute Gasteiger partial charge is 0.494 e. The summed E-state index contributed by atoms with van der Waals surface area (Å²) < 4.78 is 4.96. The van der Waals surface area contributed by atoms with Gasteiger partial charge < -0.3 is 20.5 Å². The number of ether oxygens (including phenoxy) is 1. The summed E-state index contributed by atoms with van der Waals surface area (Å²) in [5, 5.41) is 14.9. The number of nitrogens with one attached hydrogen (secondary N) is 3. The first-order valence-corrected chi connectivity index (χ1v) is 9.63. The lowest BCUT2D eigenvalue weighted by Gasteiger charge is -2.11. The molecule has 8 nitrogen and oxygen atoms in total. The van der Waals surface area contributed by atoms with Crippen molar-refractivity contribution in [3.63, 3.8) is 0 Å². The van der Waals surface area contributed by atoms with Crippen LogP contribution in [0, 0.1) is 0 Å². The molecular weight excluding hydrogens is 409 g/mol. The van der Waals surface area contributed by atoms with E-state index in [0.717, 1.165) is 26.2 Å². The molecule has 0 spiro atoms. The number of methoxy groups -OCH3 is 1. The van der Waals surface area contributed by atoms with E-state index in [9.17, 15) is 9.59 Å². The zero-order valence-corrected chi connectivity index (χ0v) is 18.5. The summed E-state index contributed by atoms with van der Waals surface area (Å²) in [6, 6.07) is 2.89. The molecule has 0 aromatic heterocycles. The average molecular weight is 440 g/mol. The number of hydrogen-bond donors (Lipinski definition) is 4. The Bertz CT molecular complexity index is 564. The Kier molecular flexibility index (Phi) is 19.2. The molecule has 1 amide bonds. The fourth-order valence-electron chi connectivity index (χ4n) is 1.66. The molecule has 4 N–H and O–H groups in total. The van der Waals surface area contributed by atoms with Crippen LogP contribution in [-0.2, 0) is 9.63 Å². The molecule has 0 atom stereocenters. The number of carboxylic acids is 1. The highest BCUT2D eigenvalue weighted by molar-refractivity contribution is 6.37.